The van der Waals surface area contributed by atoms with Crippen LogP contribution in [0.1, 0.15) is 17.0 Å². The Bertz CT molecular complexity index is 670. The quantitative estimate of drug-likeness (QED) is 0.828. The largest absolute Gasteiger partial charge is 0.378 e. The van der Waals surface area contributed by atoms with Gasteiger partial charge < -0.3 is 20.7 Å². The maximum atomic E-state index is 12.4. The van der Waals surface area contributed by atoms with Gasteiger partial charge in [-0.2, -0.15) is 0 Å². The van der Waals surface area contributed by atoms with E-state index in [1.165, 1.54) is 0 Å². The van der Waals surface area contributed by atoms with Crippen molar-refractivity contribution in [2.75, 3.05) is 37.7 Å². The highest BCUT2D eigenvalue weighted by atomic mass is 16.5. The van der Waals surface area contributed by atoms with E-state index in [4.69, 9.17) is 10.5 Å². The predicted molar refractivity (Wildman–Crippen MR) is 97.4 cm³/mol. The summed E-state index contributed by atoms with van der Waals surface area (Å²) in [6, 6.07) is 13.6. The third kappa shape index (κ3) is 4.55. The van der Waals surface area contributed by atoms with E-state index in [1.807, 2.05) is 48.7 Å². The van der Waals surface area contributed by atoms with Gasteiger partial charge in [-0.1, -0.05) is 36.4 Å². The molecule has 0 aliphatic carbocycles. The summed E-state index contributed by atoms with van der Waals surface area (Å²) >= 11 is 0. The van der Waals surface area contributed by atoms with E-state index in [1.54, 1.807) is 0 Å². The van der Waals surface area contributed by atoms with Crippen LogP contribution in [0.25, 0.3) is 0 Å². The highest BCUT2D eigenvalue weighted by Gasteiger charge is 2.18. The highest BCUT2D eigenvalue weighted by molar-refractivity contribution is 5.83. The van der Waals surface area contributed by atoms with Crippen LogP contribution in [0.15, 0.2) is 48.7 Å². The molecule has 6 heteroatoms. The number of carbonyl (C=O) groups is 1. The second kappa shape index (κ2) is 8.60. The lowest BCUT2D eigenvalue weighted by atomic mass is 9.98. The number of anilines is 1. The SMILES string of the molecule is NCC(C(=O)NCc1ccc(N2CCOCC2)nc1)c1ccccc1. The van der Waals surface area contributed by atoms with Crippen molar-refractivity contribution in [1.29, 1.82) is 0 Å². The number of amides is 1. The summed E-state index contributed by atoms with van der Waals surface area (Å²) in [6.07, 6.45) is 1.81. The Morgan fingerprint density at radius 2 is 1.96 bits per heavy atom. The van der Waals surface area contributed by atoms with Gasteiger partial charge in [-0.05, 0) is 17.2 Å². The van der Waals surface area contributed by atoms with Crippen molar-refractivity contribution in [3.63, 3.8) is 0 Å². The van der Waals surface area contributed by atoms with Crippen LogP contribution in [-0.4, -0.2) is 43.7 Å². The zero-order chi connectivity index (χ0) is 17.5. The Morgan fingerprint density at radius 1 is 1.20 bits per heavy atom. The minimum Gasteiger partial charge on any atom is -0.378 e. The second-order valence-electron chi connectivity index (χ2n) is 6.04. The molecule has 1 aliphatic heterocycles. The van der Waals surface area contributed by atoms with Crippen molar-refractivity contribution in [2.24, 2.45) is 5.73 Å². The monoisotopic (exact) mass is 340 g/mol. The first kappa shape index (κ1) is 17.4. The first-order chi connectivity index (χ1) is 12.3. The summed E-state index contributed by atoms with van der Waals surface area (Å²) in [7, 11) is 0. The molecule has 1 aliphatic rings. The lowest BCUT2D eigenvalue weighted by Crippen LogP contribution is -2.36. The van der Waals surface area contributed by atoms with E-state index in [0.717, 1.165) is 43.2 Å². The molecule has 1 atom stereocenters. The first-order valence-electron chi connectivity index (χ1n) is 8.58. The van der Waals surface area contributed by atoms with Gasteiger partial charge in [-0.25, -0.2) is 4.98 Å². The number of hydrogen-bond acceptors (Lipinski definition) is 5. The molecular formula is C19H24N4O2. The van der Waals surface area contributed by atoms with Crippen molar-refractivity contribution < 1.29 is 9.53 Å². The Labute approximate surface area is 148 Å². The predicted octanol–water partition coefficient (Wildman–Crippen LogP) is 1.28. The number of aromatic nitrogens is 1. The van der Waals surface area contributed by atoms with E-state index >= 15 is 0 Å². The van der Waals surface area contributed by atoms with Crippen molar-refractivity contribution in [2.45, 2.75) is 12.5 Å². The van der Waals surface area contributed by atoms with Crippen LogP contribution >= 0.6 is 0 Å². The molecule has 0 radical (unpaired) electrons. The Kier molecular flexibility index (Phi) is 5.98. The number of hydrogen-bond donors (Lipinski definition) is 2. The maximum absolute atomic E-state index is 12.4. The van der Waals surface area contributed by atoms with Gasteiger partial charge in [0.25, 0.3) is 0 Å². The van der Waals surface area contributed by atoms with Crippen LogP contribution < -0.4 is 16.0 Å². The number of pyridine rings is 1. The lowest BCUT2D eigenvalue weighted by Gasteiger charge is -2.27. The summed E-state index contributed by atoms with van der Waals surface area (Å²) in [5, 5.41) is 2.95. The van der Waals surface area contributed by atoms with Crippen molar-refractivity contribution in [3.8, 4) is 0 Å². The number of benzene rings is 1. The molecule has 1 aromatic carbocycles. The summed E-state index contributed by atoms with van der Waals surface area (Å²) in [5.74, 6) is 0.551. The Balaban J connectivity index is 1.56. The van der Waals surface area contributed by atoms with Crippen LogP contribution in [0.5, 0.6) is 0 Å². The van der Waals surface area contributed by atoms with E-state index in [0.29, 0.717) is 6.54 Å². The molecule has 1 aromatic heterocycles. The van der Waals surface area contributed by atoms with Crippen LogP contribution in [0.3, 0.4) is 0 Å². The van der Waals surface area contributed by atoms with Crippen LogP contribution in [0.4, 0.5) is 5.82 Å². The molecule has 0 spiro atoms. The van der Waals surface area contributed by atoms with Crippen molar-refractivity contribution >= 4 is 11.7 Å². The molecule has 3 N–H and O–H groups in total. The van der Waals surface area contributed by atoms with Gasteiger partial charge in [-0.3, -0.25) is 4.79 Å². The molecule has 2 heterocycles. The fraction of sp³-hybridized carbons (Fsp3) is 0.368. The normalized spacial score (nSPS) is 15.6. The van der Waals surface area contributed by atoms with E-state index < -0.39 is 0 Å². The minimum absolute atomic E-state index is 0.0639. The molecule has 1 saturated heterocycles. The summed E-state index contributed by atoms with van der Waals surface area (Å²) in [6.45, 7) is 3.91. The maximum Gasteiger partial charge on any atom is 0.229 e. The van der Waals surface area contributed by atoms with Gasteiger partial charge in [-0.15, -0.1) is 0 Å². The number of rotatable bonds is 6. The van der Waals surface area contributed by atoms with Gasteiger partial charge in [0.1, 0.15) is 5.82 Å². The third-order valence-electron chi connectivity index (χ3n) is 4.37. The van der Waals surface area contributed by atoms with Gasteiger partial charge in [0.2, 0.25) is 5.91 Å². The molecule has 2 aromatic rings. The fourth-order valence-electron chi connectivity index (χ4n) is 2.89. The number of nitrogens with two attached hydrogens (primary N) is 1. The minimum atomic E-state index is -0.332. The molecule has 6 nitrogen and oxygen atoms in total. The zero-order valence-electron chi connectivity index (χ0n) is 14.2. The summed E-state index contributed by atoms with van der Waals surface area (Å²) in [5.41, 5.74) is 7.69. The molecule has 0 saturated carbocycles. The van der Waals surface area contributed by atoms with E-state index in [9.17, 15) is 4.79 Å². The summed E-state index contributed by atoms with van der Waals surface area (Å²) in [4.78, 5) is 19.1. The average molecular weight is 340 g/mol. The molecule has 1 unspecified atom stereocenters. The van der Waals surface area contributed by atoms with Crippen LogP contribution in [0.2, 0.25) is 0 Å². The molecule has 132 valence electrons. The average Bonchev–Trinajstić information content (AvgIpc) is 2.69. The van der Waals surface area contributed by atoms with Gasteiger partial charge >= 0.3 is 0 Å². The highest BCUT2D eigenvalue weighted by Crippen LogP contribution is 2.15. The Morgan fingerprint density at radius 3 is 2.60 bits per heavy atom. The Hall–Kier alpha value is -2.44. The summed E-state index contributed by atoms with van der Waals surface area (Å²) < 4.78 is 5.35. The van der Waals surface area contributed by atoms with Gasteiger partial charge in [0, 0.05) is 32.4 Å². The number of ether oxygens (including phenoxy) is 1. The number of morpholine rings is 1. The van der Waals surface area contributed by atoms with E-state index in [-0.39, 0.29) is 18.4 Å². The van der Waals surface area contributed by atoms with Crippen molar-refractivity contribution in [3.05, 3.63) is 59.8 Å². The first-order valence-corrected chi connectivity index (χ1v) is 8.58. The molecule has 3 rings (SSSR count). The topological polar surface area (TPSA) is 80.5 Å². The number of nitrogens with one attached hydrogen (secondary N) is 1. The van der Waals surface area contributed by atoms with Crippen LogP contribution in [-0.2, 0) is 16.1 Å². The van der Waals surface area contributed by atoms with Gasteiger partial charge in [0.05, 0.1) is 19.1 Å². The molecule has 1 amide bonds. The molecular weight excluding hydrogens is 316 g/mol. The fourth-order valence-corrected chi connectivity index (χ4v) is 2.89. The van der Waals surface area contributed by atoms with Crippen molar-refractivity contribution in [1.82, 2.24) is 10.3 Å². The smallest absolute Gasteiger partial charge is 0.229 e. The number of carbonyl (C=O) groups excluding carboxylic acids is 1. The van der Waals surface area contributed by atoms with Crippen LogP contribution in [0, 0.1) is 0 Å². The van der Waals surface area contributed by atoms with E-state index in [2.05, 4.69) is 15.2 Å². The van der Waals surface area contributed by atoms with Gasteiger partial charge in [0.15, 0.2) is 0 Å². The lowest BCUT2D eigenvalue weighted by molar-refractivity contribution is -0.122. The third-order valence-corrected chi connectivity index (χ3v) is 4.37. The zero-order valence-corrected chi connectivity index (χ0v) is 14.2. The molecule has 0 bridgehead atoms. The molecule has 1 fully saturated rings. The second-order valence-corrected chi connectivity index (χ2v) is 6.04. The standard InChI is InChI=1S/C19H24N4O2/c20-12-17(16-4-2-1-3-5-16)19(24)22-14-15-6-7-18(21-13-15)23-8-10-25-11-9-23/h1-7,13,17H,8-12,14,20H2,(H,22,24). The molecule has 25 heavy (non-hydrogen) atoms. The number of nitrogens with zero attached hydrogens (tertiary/aromatic N) is 2.